The third-order valence-electron chi connectivity index (χ3n) is 3.36. The van der Waals surface area contributed by atoms with Crippen molar-refractivity contribution >= 4 is 22.0 Å². The molecule has 3 aromatic rings. The van der Waals surface area contributed by atoms with E-state index in [0.717, 1.165) is 16.3 Å². The minimum Gasteiger partial charge on any atom is -0.497 e. The van der Waals surface area contributed by atoms with Crippen LogP contribution in [0.4, 0.5) is 10.1 Å². The van der Waals surface area contributed by atoms with Crippen LogP contribution >= 0.6 is 11.3 Å². The number of fused-ring (bicyclic) bond motifs is 1. The summed E-state index contributed by atoms with van der Waals surface area (Å²) in [5.41, 5.74) is 2.42. The molecule has 2 heterocycles. The maximum atomic E-state index is 13.8. The zero-order valence-electron chi connectivity index (χ0n) is 12.1. The number of aryl methyl sites for hydroxylation is 2. The quantitative estimate of drug-likeness (QED) is 0.797. The number of aromatic nitrogens is 2. The number of hydrogen-bond acceptors (Lipinski definition) is 4. The first-order valence-corrected chi connectivity index (χ1v) is 7.41. The second kappa shape index (κ2) is 5.37. The molecule has 0 saturated carbocycles. The third-order valence-corrected chi connectivity index (χ3v) is 4.26. The Morgan fingerprint density at radius 3 is 2.95 bits per heavy atom. The van der Waals surface area contributed by atoms with Gasteiger partial charge in [-0.15, -0.1) is 11.3 Å². The third kappa shape index (κ3) is 2.58. The molecule has 3 rings (SSSR count). The SMILES string of the molecule is COc1ccc(F)c(NCc2c(C)nc3sc(C)cn23)c1. The molecule has 0 unspecified atom stereocenters. The van der Waals surface area contributed by atoms with Crippen LogP contribution in [0.15, 0.2) is 24.4 Å². The average Bonchev–Trinajstić information content (AvgIpc) is 2.93. The van der Waals surface area contributed by atoms with Crippen LogP contribution in [0.2, 0.25) is 0 Å². The molecule has 0 fully saturated rings. The fourth-order valence-corrected chi connectivity index (χ4v) is 3.16. The van der Waals surface area contributed by atoms with Gasteiger partial charge in [-0.1, -0.05) is 0 Å². The zero-order valence-corrected chi connectivity index (χ0v) is 12.9. The molecule has 0 aliphatic heterocycles. The van der Waals surface area contributed by atoms with Gasteiger partial charge in [0.15, 0.2) is 4.96 Å². The van der Waals surface area contributed by atoms with Gasteiger partial charge in [0.2, 0.25) is 0 Å². The van der Waals surface area contributed by atoms with Gasteiger partial charge in [-0.2, -0.15) is 0 Å². The number of methoxy groups -OCH3 is 1. The Labute approximate surface area is 126 Å². The summed E-state index contributed by atoms with van der Waals surface area (Å²) in [4.78, 5) is 6.69. The van der Waals surface area contributed by atoms with Crippen molar-refractivity contribution in [3.63, 3.8) is 0 Å². The first-order valence-electron chi connectivity index (χ1n) is 6.60. The van der Waals surface area contributed by atoms with E-state index in [4.69, 9.17) is 4.74 Å². The van der Waals surface area contributed by atoms with Crippen molar-refractivity contribution < 1.29 is 9.13 Å². The van der Waals surface area contributed by atoms with Crippen LogP contribution in [0.25, 0.3) is 4.96 Å². The van der Waals surface area contributed by atoms with Crippen molar-refractivity contribution in [1.82, 2.24) is 9.38 Å². The van der Waals surface area contributed by atoms with E-state index in [9.17, 15) is 4.39 Å². The Kier molecular flexibility index (Phi) is 3.55. The predicted molar refractivity (Wildman–Crippen MR) is 82.8 cm³/mol. The van der Waals surface area contributed by atoms with E-state index in [-0.39, 0.29) is 5.82 Å². The lowest BCUT2D eigenvalue weighted by Crippen LogP contribution is -2.05. The van der Waals surface area contributed by atoms with E-state index < -0.39 is 0 Å². The second-order valence-electron chi connectivity index (χ2n) is 4.84. The minimum atomic E-state index is -0.296. The highest BCUT2D eigenvalue weighted by Crippen LogP contribution is 2.24. The van der Waals surface area contributed by atoms with E-state index in [2.05, 4.69) is 20.9 Å². The topological polar surface area (TPSA) is 38.6 Å². The summed E-state index contributed by atoms with van der Waals surface area (Å²) in [5.74, 6) is 0.330. The van der Waals surface area contributed by atoms with Gasteiger partial charge in [0.05, 0.1) is 30.7 Å². The van der Waals surface area contributed by atoms with E-state index in [1.165, 1.54) is 10.9 Å². The predicted octanol–water partition coefficient (Wildman–Crippen LogP) is 3.77. The Morgan fingerprint density at radius 1 is 1.38 bits per heavy atom. The van der Waals surface area contributed by atoms with Crippen molar-refractivity contribution in [1.29, 1.82) is 0 Å². The van der Waals surface area contributed by atoms with Crippen LogP contribution < -0.4 is 10.1 Å². The number of ether oxygens (including phenoxy) is 1. The molecule has 0 saturated heterocycles. The number of hydrogen-bond donors (Lipinski definition) is 1. The maximum Gasteiger partial charge on any atom is 0.194 e. The largest absolute Gasteiger partial charge is 0.497 e. The average molecular weight is 305 g/mol. The van der Waals surface area contributed by atoms with Crippen molar-refractivity contribution in [2.24, 2.45) is 0 Å². The lowest BCUT2D eigenvalue weighted by Gasteiger charge is -2.09. The van der Waals surface area contributed by atoms with Crippen molar-refractivity contribution in [2.75, 3.05) is 12.4 Å². The van der Waals surface area contributed by atoms with Crippen molar-refractivity contribution in [2.45, 2.75) is 20.4 Å². The minimum absolute atomic E-state index is 0.296. The maximum absolute atomic E-state index is 13.8. The smallest absolute Gasteiger partial charge is 0.194 e. The molecular formula is C15H16FN3OS. The highest BCUT2D eigenvalue weighted by atomic mass is 32.1. The van der Waals surface area contributed by atoms with Gasteiger partial charge < -0.3 is 10.1 Å². The van der Waals surface area contributed by atoms with Gasteiger partial charge in [-0.05, 0) is 26.0 Å². The summed E-state index contributed by atoms with van der Waals surface area (Å²) >= 11 is 1.65. The summed E-state index contributed by atoms with van der Waals surface area (Å²) < 4.78 is 21.0. The summed E-state index contributed by atoms with van der Waals surface area (Å²) in [6.45, 7) is 4.52. The number of halogens is 1. The van der Waals surface area contributed by atoms with E-state index in [0.29, 0.717) is 18.0 Å². The van der Waals surface area contributed by atoms with Crippen LogP contribution in [-0.2, 0) is 6.54 Å². The zero-order chi connectivity index (χ0) is 15.0. The molecule has 0 amide bonds. The lowest BCUT2D eigenvalue weighted by atomic mass is 10.2. The van der Waals surface area contributed by atoms with Crippen LogP contribution in [0.3, 0.4) is 0 Å². The summed E-state index contributed by atoms with van der Waals surface area (Å²) in [7, 11) is 1.57. The van der Waals surface area contributed by atoms with Crippen molar-refractivity contribution in [3.8, 4) is 5.75 Å². The molecule has 21 heavy (non-hydrogen) atoms. The molecule has 0 radical (unpaired) electrons. The lowest BCUT2D eigenvalue weighted by molar-refractivity contribution is 0.414. The normalized spacial score (nSPS) is 11.0. The van der Waals surface area contributed by atoms with Crippen LogP contribution in [0, 0.1) is 19.7 Å². The van der Waals surface area contributed by atoms with Gasteiger partial charge in [-0.3, -0.25) is 4.40 Å². The Bertz CT molecular complexity index is 794. The van der Waals surface area contributed by atoms with Crippen LogP contribution in [0.1, 0.15) is 16.3 Å². The molecule has 0 aliphatic carbocycles. The number of nitrogens with zero attached hydrogens (tertiary/aromatic N) is 2. The molecule has 4 nitrogen and oxygen atoms in total. The summed E-state index contributed by atoms with van der Waals surface area (Å²) in [6.07, 6.45) is 2.05. The highest BCUT2D eigenvalue weighted by Gasteiger charge is 2.12. The first kappa shape index (κ1) is 13.9. The van der Waals surface area contributed by atoms with Gasteiger partial charge in [0, 0.05) is 17.1 Å². The van der Waals surface area contributed by atoms with Crippen LogP contribution in [0.5, 0.6) is 5.75 Å². The molecular weight excluding hydrogens is 289 g/mol. The highest BCUT2D eigenvalue weighted by molar-refractivity contribution is 7.17. The Balaban J connectivity index is 1.88. The van der Waals surface area contributed by atoms with Gasteiger partial charge in [0.25, 0.3) is 0 Å². The number of rotatable bonds is 4. The molecule has 6 heteroatoms. The van der Waals surface area contributed by atoms with E-state index in [1.807, 2.05) is 13.8 Å². The first-order chi connectivity index (χ1) is 10.1. The molecule has 0 spiro atoms. The molecule has 1 N–H and O–H groups in total. The van der Waals surface area contributed by atoms with Crippen molar-refractivity contribution in [3.05, 3.63) is 46.5 Å². The number of benzene rings is 1. The van der Waals surface area contributed by atoms with E-state index in [1.54, 1.807) is 30.6 Å². The van der Waals surface area contributed by atoms with Gasteiger partial charge in [0.1, 0.15) is 11.6 Å². The molecule has 2 aromatic heterocycles. The molecule has 110 valence electrons. The summed E-state index contributed by atoms with van der Waals surface area (Å²) in [6, 6.07) is 4.65. The molecule has 1 aromatic carbocycles. The number of thiazole rings is 1. The summed E-state index contributed by atoms with van der Waals surface area (Å²) in [5, 5.41) is 3.12. The molecule has 0 aliphatic rings. The fourth-order valence-electron chi connectivity index (χ4n) is 2.27. The number of imidazole rings is 1. The van der Waals surface area contributed by atoms with Crippen LogP contribution in [-0.4, -0.2) is 16.5 Å². The standard InChI is InChI=1S/C15H16FN3OS/c1-9-8-19-14(10(2)18-15(19)21-9)7-17-13-6-11(20-3)4-5-12(13)16/h4-6,8,17H,7H2,1-3H3. The van der Waals surface area contributed by atoms with Gasteiger partial charge >= 0.3 is 0 Å². The Hall–Kier alpha value is -2.08. The van der Waals surface area contributed by atoms with E-state index >= 15 is 0 Å². The number of anilines is 1. The Morgan fingerprint density at radius 2 is 2.19 bits per heavy atom. The monoisotopic (exact) mass is 305 g/mol. The fraction of sp³-hybridized carbons (Fsp3) is 0.267. The number of nitrogens with one attached hydrogen (secondary N) is 1. The second-order valence-corrected chi connectivity index (χ2v) is 6.05. The van der Waals surface area contributed by atoms with Gasteiger partial charge in [-0.25, -0.2) is 9.37 Å². The molecule has 0 bridgehead atoms. The molecule has 0 atom stereocenters.